The fourth-order valence-corrected chi connectivity index (χ4v) is 2.36. The van der Waals surface area contributed by atoms with E-state index < -0.39 is 0 Å². The van der Waals surface area contributed by atoms with Crippen molar-refractivity contribution in [2.45, 2.75) is 31.3 Å². The first-order chi connectivity index (χ1) is 8.71. The lowest BCUT2D eigenvalue weighted by atomic mass is 10.1. The summed E-state index contributed by atoms with van der Waals surface area (Å²) < 4.78 is 5.24. The van der Waals surface area contributed by atoms with Crippen LogP contribution in [0.25, 0.3) is 0 Å². The highest BCUT2D eigenvalue weighted by molar-refractivity contribution is 7.99. The second kappa shape index (κ2) is 8.07. The number of benzene rings is 1. The topological polar surface area (TPSA) is 29.5 Å². The van der Waals surface area contributed by atoms with Gasteiger partial charge in [0.1, 0.15) is 12.4 Å². The van der Waals surface area contributed by atoms with Crippen LogP contribution in [0.1, 0.15) is 31.4 Å². The normalized spacial score (nSPS) is 11.6. The molecular formula is C15H20O2S. The van der Waals surface area contributed by atoms with E-state index in [9.17, 15) is 0 Å². The molecule has 0 aliphatic heterocycles. The van der Waals surface area contributed by atoms with Gasteiger partial charge in [0, 0.05) is 16.6 Å². The zero-order valence-corrected chi connectivity index (χ0v) is 12.0. The van der Waals surface area contributed by atoms with Crippen LogP contribution < -0.4 is 4.74 Å². The van der Waals surface area contributed by atoms with Gasteiger partial charge >= 0.3 is 0 Å². The van der Waals surface area contributed by atoms with Crippen molar-refractivity contribution in [2.75, 3.05) is 13.7 Å². The molecule has 0 heterocycles. The van der Waals surface area contributed by atoms with E-state index in [0.29, 0.717) is 5.25 Å². The zero-order chi connectivity index (χ0) is 13.4. The van der Waals surface area contributed by atoms with Gasteiger partial charge < -0.3 is 9.84 Å². The molecule has 0 aliphatic carbocycles. The lowest BCUT2D eigenvalue weighted by molar-refractivity contribution is 0.350. The Kier molecular flexibility index (Phi) is 6.70. The van der Waals surface area contributed by atoms with Crippen LogP contribution in [0.5, 0.6) is 5.75 Å². The van der Waals surface area contributed by atoms with Crippen molar-refractivity contribution in [1.29, 1.82) is 0 Å². The summed E-state index contributed by atoms with van der Waals surface area (Å²) in [5.74, 6) is 7.46. The van der Waals surface area contributed by atoms with Crippen molar-refractivity contribution in [1.82, 2.24) is 0 Å². The van der Waals surface area contributed by atoms with Gasteiger partial charge in [-0.3, -0.25) is 0 Å². The molecule has 0 fully saturated rings. The number of methoxy groups -OCH3 is 1. The highest BCUT2D eigenvalue weighted by Gasteiger charge is 2.05. The second-order valence-corrected chi connectivity index (χ2v) is 5.44. The Balaban J connectivity index is 2.89. The molecule has 1 aromatic rings. The van der Waals surface area contributed by atoms with Crippen molar-refractivity contribution in [3.05, 3.63) is 29.3 Å². The van der Waals surface area contributed by atoms with Crippen LogP contribution in [0.3, 0.4) is 0 Å². The van der Waals surface area contributed by atoms with Crippen LogP contribution >= 0.6 is 11.8 Å². The molecule has 0 aromatic heterocycles. The average Bonchev–Trinajstić information content (AvgIpc) is 2.42. The summed E-state index contributed by atoms with van der Waals surface area (Å²) in [4.78, 5) is 0. The van der Waals surface area contributed by atoms with Crippen LogP contribution in [0.4, 0.5) is 0 Å². The van der Waals surface area contributed by atoms with Crippen molar-refractivity contribution in [3.63, 3.8) is 0 Å². The number of ether oxygens (including phenoxy) is 1. The van der Waals surface area contributed by atoms with Crippen LogP contribution in [-0.2, 0) is 5.75 Å². The number of hydrogen-bond donors (Lipinski definition) is 1. The Morgan fingerprint density at radius 2 is 2.22 bits per heavy atom. The molecule has 1 rings (SSSR count). The van der Waals surface area contributed by atoms with Gasteiger partial charge in [-0.1, -0.05) is 25.7 Å². The Morgan fingerprint density at radius 3 is 2.83 bits per heavy atom. The largest absolute Gasteiger partial charge is 0.497 e. The third-order valence-electron chi connectivity index (χ3n) is 2.71. The van der Waals surface area contributed by atoms with Crippen molar-refractivity contribution >= 4 is 11.8 Å². The van der Waals surface area contributed by atoms with Crippen molar-refractivity contribution in [3.8, 4) is 17.6 Å². The molecule has 98 valence electrons. The summed E-state index contributed by atoms with van der Waals surface area (Å²) in [5.41, 5.74) is 2.14. The fraction of sp³-hybridized carbons (Fsp3) is 0.467. The number of rotatable bonds is 5. The van der Waals surface area contributed by atoms with E-state index in [2.05, 4.69) is 25.7 Å². The quantitative estimate of drug-likeness (QED) is 0.829. The monoisotopic (exact) mass is 264 g/mol. The Bertz CT molecular complexity index is 432. The van der Waals surface area contributed by atoms with E-state index in [1.807, 2.05) is 30.0 Å². The molecule has 18 heavy (non-hydrogen) atoms. The molecule has 1 aromatic carbocycles. The first-order valence-corrected chi connectivity index (χ1v) is 7.14. The summed E-state index contributed by atoms with van der Waals surface area (Å²) >= 11 is 1.91. The smallest absolute Gasteiger partial charge is 0.119 e. The molecule has 1 N–H and O–H groups in total. The summed E-state index contributed by atoms with van der Waals surface area (Å²) in [6, 6.07) is 5.88. The minimum atomic E-state index is -0.107. The fourth-order valence-electron chi connectivity index (χ4n) is 1.42. The summed E-state index contributed by atoms with van der Waals surface area (Å²) in [6.07, 6.45) is 1.16. The molecule has 1 unspecified atom stereocenters. The maximum absolute atomic E-state index is 8.77. The van der Waals surface area contributed by atoms with Gasteiger partial charge in [-0.05, 0) is 30.2 Å². The lowest BCUT2D eigenvalue weighted by Gasteiger charge is -2.11. The number of aliphatic hydroxyl groups excluding tert-OH is 1. The van der Waals surface area contributed by atoms with Crippen molar-refractivity contribution in [2.24, 2.45) is 0 Å². The van der Waals surface area contributed by atoms with Gasteiger partial charge in [0.05, 0.1) is 7.11 Å². The molecule has 3 heteroatoms. The summed E-state index contributed by atoms with van der Waals surface area (Å²) in [6.45, 7) is 4.31. The van der Waals surface area contributed by atoms with Gasteiger partial charge in [0.2, 0.25) is 0 Å². The van der Waals surface area contributed by atoms with E-state index in [4.69, 9.17) is 9.84 Å². The zero-order valence-electron chi connectivity index (χ0n) is 11.2. The minimum absolute atomic E-state index is 0.107. The molecule has 0 aliphatic rings. The van der Waals surface area contributed by atoms with Crippen LogP contribution in [0.2, 0.25) is 0 Å². The average molecular weight is 264 g/mol. The standard InChI is InChI=1S/C15H20O2S/c1-4-12(2)18-11-14-10-15(17-3)8-7-13(14)6-5-9-16/h7-8,10,12,16H,4,9,11H2,1-3H3. The Morgan fingerprint density at radius 1 is 1.44 bits per heavy atom. The molecule has 1 atom stereocenters. The maximum Gasteiger partial charge on any atom is 0.119 e. The Hall–Kier alpha value is -1.11. The summed E-state index contributed by atoms with van der Waals surface area (Å²) in [7, 11) is 1.67. The summed E-state index contributed by atoms with van der Waals surface area (Å²) in [5, 5.41) is 9.41. The second-order valence-electron chi connectivity index (χ2n) is 4.01. The third-order valence-corrected chi connectivity index (χ3v) is 4.09. The first kappa shape index (κ1) is 14.9. The van der Waals surface area contributed by atoms with Gasteiger partial charge in [-0.2, -0.15) is 11.8 Å². The molecule has 0 bridgehead atoms. The predicted octanol–water partition coefficient (Wildman–Crippen LogP) is 3.07. The molecule has 2 nitrogen and oxygen atoms in total. The van der Waals surface area contributed by atoms with Crippen LogP contribution in [0.15, 0.2) is 18.2 Å². The van der Waals surface area contributed by atoms with E-state index in [1.54, 1.807) is 7.11 Å². The number of hydrogen-bond acceptors (Lipinski definition) is 3. The predicted molar refractivity (Wildman–Crippen MR) is 78.0 cm³/mol. The minimum Gasteiger partial charge on any atom is -0.497 e. The molecule has 0 spiro atoms. The van der Waals surface area contributed by atoms with Crippen LogP contribution in [0, 0.1) is 11.8 Å². The molecule has 0 saturated heterocycles. The van der Waals surface area contributed by atoms with Gasteiger partial charge in [0.25, 0.3) is 0 Å². The molecule has 0 amide bonds. The first-order valence-electron chi connectivity index (χ1n) is 6.09. The van der Waals surface area contributed by atoms with Crippen LogP contribution in [-0.4, -0.2) is 24.1 Å². The number of aliphatic hydroxyl groups is 1. The molecule has 0 radical (unpaired) electrons. The maximum atomic E-state index is 8.77. The third kappa shape index (κ3) is 4.64. The van der Waals surface area contributed by atoms with Gasteiger partial charge in [0.15, 0.2) is 0 Å². The SMILES string of the molecule is CCC(C)SCc1cc(OC)ccc1C#CCO. The highest BCUT2D eigenvalue weighted by atomic mass is 32.2. The van der Waals surface area contributed by atoms with E-state index in [1.165, 1.54) is 5.56 Å². The van der Waals surface area contributed by atoms with E-state index in [0.717, 1.165) is 23.5 Å². The van der Waals surface area contributed by atoms with E-state index >= 15 is 0 Å². The van der Waals surface area contributed by atoms with Gasteiger partial charge in [-0.25, -0.2) is 0 Å². The Labute approximate surface area is 114 Å². The molecule has 0 saturated carbocycles. The highest BCUT2D eigenvalue weighted by Crippen LogP contribution is 2.25. The van der Waals surface area contributed by atoms with Gasteiger partial charge in [-0.15, -0.1) is 0 Å². The molecular weight excluding hydrogens is 244 g/mol. The van der Waals surface area contributed by atoms with Crippen molar-refractivity contribution < 1.29 is 9.84 Å². The van der Waals surface area contributed by atoms with E-state index in [-0.39, 0.29) is 6.61 Å². The lowest BCUT2D eigenvalue weighted by Crippen LogP contribution is -1.96. The number of thioether (sulfide) groups is 1.